The Morgan fingerprint density at radius 2 is 0.667 bits per heavy atom. The number of hydrogen-bond donors (Lipinski definition) is 0. The molecule has 2 aromatic heterocycles. The van der Waals surface area contributed by atoms with Gasteiger partial charge in [0.15, 0.2) is 0 Å². The van der Waals surface area contributed by atoms with Crippen LogP contribution in [-0.4, -0.2) is 4.57 Å². The Bertz CT molecular complexity index is 4630. The summed E-state index contributed by atoms with van der Waals surface area (Å²) < 4.78 is 4.99. The van der Waals surface area contributed by atoms with Crippen LogP contribution in [0.4, 0.5) is 17.1 Å². The quantitative estimate of drug-likeness (QED) is 0.138. The van der Waals surface area contributed by atoms with E-state index in [2.05, 4.69) is 289 Å². The second kappa shape index (κ2) is 17.6. The van der Waals surface area contributed by atoms with E-state index in [1.807, 2.05) is 11.3 Å². The lowest BCUT2D eigenvalue weighted by Gasteiger charge is -2.27. The Balaban J connectivity index is 0.874. The van der Waals surface area contributed by atoms with Gasteiger partial charge in [0.1, 0.15) is 0 Å². The van der Waals surface area contributed by atoms with E-state index in [-0.39, 0.29) is 0 Å². The maximum absolute atomic E-state index is 2.47. The van der Waals surface area contributed by atoms with Crippen molar-refractivity contribution in [3.05, 3.63) is 279 Å². The smallest absolute Gasteiger partial charge is 0.0640 e. The van der Waals surface area contributed by atoms with Gasteiger partial charge in [-0.15, -0.1) is 11.3 Å². The Labute approximate surface area is 438 Å². The molecular formula is C72H46N2S. The van der Waals surface area contributed by atoms with Crippen LogP contribution in [0, 0.1) is 0 Å². The molecule has 13 aromatic carbocycles. The van der Waals surface area contributed by atoms with E-state index in [4.69, 9.17) is 0 Å². The molecule has 2 nitrogen and oxygen atoms in total. The van der Waals surface area contributed by atoms with Gasteiger partial charge < -0.3 is 9.47 Å². The van der Waals surface area contributed by atoms with Crippen molar-refractivity contribution < 1.29 is 0 Å². The van der Waals surface area contributed by atoms with Crippen LogP contribution in [0.5, 0.6) is 0 Å². The second-order valence-corrected chi connectivity index (χ2v) is 20.7. The van der Waals surface area contributed by atoms with Crippen LogP contribution >= 0.6 is 11.3 Å². The zero-order valence-electron chi connectivity index (χ0n) is 40.9. The normalized spacial score (nSPS) is 11.7. The molecule has 0 aliphatic carbocycles. The van der Waals surface area contributed by atoms with E-state index in [0.717, 1.165) is 22.6 Å². The average Bonchev–Trinajstić information content (AvgIpc) is 4.07. The number of anilines is 3. The van der Waals surface area contributed by atoms with Crippen molar-refractivity contribution in [2.75, 3.05) is 4.90 Å². The van der Waals surface area contributed by atoms with E-state index < -0.39 is 0 Å². The van der Waals surface area contributed by atoms with E-state index in [0.29, 0.717) is 0 Å². The summed E-state index contributed by atoms with van der Waals surface area (Å²) in [7, 11) is 0. The van der Waals surface area contributed by atoms with Crippen molar-refractivity contribution in [1.82, 2.24) is 4.57 Å². The molecule has 0 spiro atoms. The lowest BCUT2D eigenvalue weighted by atomic mass is 9.94. The molecular weight excluding hydrogens is 925 g/mol. The van der Waals surface area contributed by atoms with Crippen LogP contribution in [-0.2, 0) is 0 Å². The summed E-state index contributed by atoms with van der Waals surface area (Å²) >= 11 is 1.87. The van der Waals surface area contributed by atoms with Gasteiger partial charge in [0.25, 0.3) is 0 Å². The highest BCUT2D eigenvalue weighted by Crippen LogP contribution is 2.47. The van der Waals surface area contributed by atoms with E-state index in [1.54, 1.807) is 0 Å². The molecule has 0 saturated heterocycles. The number of fused-ring (bicyclic) bond motifs is 12. The molecule has 75 heavy (non-hydrogen) atoms. The fourth-order valence-electron chi connectivity index (χ4n) is 11.8. The molecule has 15 aromatic rings. The van der Waals surface area contributed by atoms with Crippen molar-refractivity contribution in [2.24, 2.45) is 0 Å². The number of nitrogens with zero attached hydrogens (tertiary/aromatic N) is 2. The molecule has 350 valence electrons. The highest BCUT2D eigenvalue weighted by molar-refractivity contribution is 7.26. The first-order valence-electron chi connectivity index (χ1n) is 25.7. The van der Waals surface area contributed by atoms with Crippen LogP contribution < -0.4 is 4.90 Å². The summed E-state index contributed by atoms with van der Waals surface area (Å²) in [6.45, 7) is 0. The minimum atomic E-state index is 1.10. The molecule has 0 radical (unpaired) electrons. The highest BCUT2D eigenvalue weighted by Gasteiger charge is 2.21. The summed E-state index contributed by atoms with van der Waals surface area (Å²) in [6.07, 6.45) is 0. The lowest BCUT2D eigenvalue weighted by molar-refractivity contribution is 1.18. The summed E-state index contributed by atoms with van der Waals surface area (Å²) in [5.74, 6) is 0. The van der Waals surface area contributed by atoms with Gasteiger partial charge in [-0.2, -0.15) is 0 Å². The SMILES string of the molecule is c1ccc(-c2ccc(-c3ccc4c(c3)c3cc(-c5ccc(N(c6ccc7c8ccccc8c8ccccc8c7c6)c6cccc7c6sc6ccccc67)cc5)ccc3n4-c3ccc(-c4ccccc4)cc3)cc2)cc1. The van der Waals surface area contributed by atoms with Crippen molar-refractivity contribution in [3.8, 4) is 50.2 Å². The molecule has 0 fully saturated rings. The number of aromatic nitrogens is 1. The molecule has 15 rings (SSSR count). The van der Waals surface area contributed by atoms with Crippen molar-refractivity contribution in [1.29, 1.82) is 0 Å². The Hall–Kier alpha value is -9.54. The van der Waals surface area contributed by atoms with Gasteiger partial charge in [-0.3, -0.25) is 0 Å². The zero-order chi connectivity index (χ0) is 49.4. The van der Waals surface area contributed by atoms with E-state index >= 15 is 0 Å². The van der Waals surface area contributed by atoms with Crippen molar-refractivity contribution >= 4 is 103 Å². The van der Waals surface area contributed by atoms with Crippen molar-refractivity contribution in [3.63, 3.8) is 0 Å². The fraction of sp³-hybridized carbons (Fsp3) is 0. The third-order valence-corrected chi connectivity index (χ3v) is 16.6. The first kappa shape index (κ1) is 43.1. The maximum atomic E-state index is 2.47. The van der Waals surface area contributed by atoms with Gasteiger partial charge in [0.2, 0.25) is 0 Å². The third-order valence-electron chi connectivity index (χ3n) is 15.4. The van der Waals surface area contributed by atoms with Gasteiger partial charge >= 0.3 is 0 Å². The predicted molar refractivity (Wildman–Crippen MR) is 323 cm³/mol. The van der Waals surface area contributed by atoms with Crippen LogP contribution in [0.1, 0.15) is 0 Å². The molecule has 0 bridgehead atoms. The van der Waals surface area contributed by atoms with E-state index in [1.165, 1.54) is 119 Å². The number of rotatable bonds is 8. The summed E-state index contributed by atoms with van der Waals surface area (Å²) in [5.41, 5.74) is 16.5. The largest absolute Gasteiger partial charge is 0.309 e. The minimum absolute atomic E-state index is 1.10. The van der Waals surface area contributed by atoms with Gasteiger partial charge in [-0.1, -0.05) is 206 Å². The maximum Gasteiger partial charge on any atom is 0.0640 e. The first-order valence-corrected chi connectivity index (χ1v) is 26.5. The summed E-state index contributed by atoms with van der Waals surface area (Å²) in [4.78, 5) is 2.47. The molecule has 0 aliphatic rings. The summed E-state index contributed by atoms with van der Waals surface area (Å²) in [6, 6.07) is 103. The topological polar surface area (TPSA) is 8.17 Å². The number of thiophene rings is 1. The molecule has 3 heteroatoms. The number of benzene rings is 13. The Morgan fingerprint density at radius 3 is 1.24 bits per heavy atom. The molecule has 0 amide bonds. The van der Waals surface area contributed by atoms with E-state index in [9.17, 15) is 0 Å². The zero-order valence-corrected chi connectivity index (χ0v) is 41.7. The van der Waals surface area contributed by atoms with Crippen molar-refractivity contribution in [2.45, 2.75) is 0 Å². The molecule has 0 N–H and O–H groups in total. The van der Waals surface area contributed by atoms with Gasteiger partial charge in [0.05, 0.1) is 21.4 Å². The Kier molecular flexibility index (Phi) is 10.1. The van der Waals surface area contributed by atoms with Gasteiger partial charge in [0, 0.05) is 43.3 Å². The molecule has 0 saturated carbocycles. The molecule has 0 unspecified atom stereocenters. The molecule has 2 heterocycles. The average molecular weight is 971 g/mol. The predicted octanol–water partition coefficient (Wildman–Crippen LogP) is 20.7. The first-order chi connectivity index (χ1) is 37.2. The highest BCUT2D eigenvalue weighted by atomic mass is 32.1. The van der Waals surface area contributed by atoms with Crippen LogP contribution in [0.25, 0.3) is 124 Å². The molecule has 0 atom stereocenters. The van der Waals surface area contributed by atoms with Gasteiger partial charge in [-0.25, -0.2) is 0 Å². The second-order valence-electron chi connectivity index (χ2n) is 19.6. The Morgan fingerprint density at radius 1 is 0.253 bits per heavy atom. The standard InChI is InChI=1S/C72H46N2S/c1-3-14-47(15-4-1)49-26-28-51(29-27-49)53-34-42-68-66(44-53)67-45-54(35-43-69(67)74(68)56-38-30-50(31-39-56)48-16-5-2-6-17-48)52-32-36-55(37-33-52)73(70-24-13-23-64-63-22-11-12-25-71(63)75-72(64)70)57-40-41-62-60-20-8-7-18-58(60)59-19-9-10-21-61(59)65(62)46-57/h1-46H. The lowest BCUT2D eigenvalue weighted by Crippen LogP contribution is -2.10. The monoisotopic (exact) mass is 970 g/mol. The van der Waals surface area contributed by atoms with Gasteiger partial charge in [-0.05, 0) is 150 Å². The fourth-order valence-corrected chi connectivity index (χ4v) is 13.0. The van der Waals surface area contributed by atoms with Crippen LogP contribution in [0.2, 0.25) is 0 Å². The van der Waals surface area contributed by atoms with Crippen LogP contribution in [0.3, 0.4) is 0 Å². The third kappa shape index (κ3) is 7.23. The minimum Gasteiger partial charge on any atom is -0.309 e. The molecule has 0 aliphatic heterocycles. The van der Waals surface area contributed by atoms with Crippen LogP contribution in [0.15, 0.2) is 279 Å². The number of hydrogen-bond acceptors (Lipinski definition) is 2. The summed E-state index contributed by atoms with van der Waals surface area (Å²) in [5, 5.41) is 12.6.